The number of hydrogen-bond acceptors (Lipinski definition) is 2. The second-order valence-electron chi connectivity index (χ2n) is 4.18. The normalized spacial score (nSPS) is 13.5. The number of hydrogen-bond donors (Lipinski definition) is 1. The van der Waals surface area contributed by atoms with Crippen LogP contribution in [0.2, 0.25) is 0 Å². The lowest BCUT2D eigenvalue weighted by molar-refractivity contribution is -0.137. The maximum absolute atomic E-state index is 12.6. The fraction of sp³-hybridized carbons (Fsp3) is 0.286. The number of aryl methyl sites for hydroxylation is 1. The molecular weight excluding hydrogens is 257 g/mol. The highest BCUT2D eigenvalue weighted by atomic mass is 19.4. The molecule has 0 saturated heterocycles. The van der Waals surface area contributed by atoms with Gasteiger partial charge < -0.3 is 9.52 Å². The Bertz CT molecular complexity index is 558. The van der Waals surface area contributed by atoms with Crippen molar-refractivity contribution in [2.75, 3.05) is 0 Å². The lowest BCUT2D eigenvalue weighted by Crippen LogP contribution is -2.07. The van der Waals surface area contributed by atoms with Gasteiger partial charge in [-0.05, 0) is 29.8 Å². The Hall–Kier alpha value is -1.75. The van der Waals surface area contributed by atoms with Crippen LogP contribution in [0.4, 0.5) is 13.2 Å². The first-order valence-electron chi connectivity index (χ1n) is 5.85. The second-order valence-corrected chi connectivity index (χ2v) is 4.18. The molecule has 1 N–H and O–H groups in total. The third-order valence-electron chi connectivity index (χ3n) is 2.83. The average molecular weight is 270 g/mol. The third kappa shape index (κ3) is 2.98. The number of halogens is 3. The molecule has 0 fully saturated rings. The first-order chi connectivity index (χ1) is 8.91. The maximum atomic E-state index is 12.6. The molecule has 0 spiro atoms. The summed E-state index contributed by atoms with van der Waals surface area (Å²) in [4.78, 5) is 0. The number of alkyl halides is 3. The van der Waals surface area contributed by atoms with Gasteiger partial charge in [0.05, 0.1) is 5.56 Å². The van der Waals surface area contributed by atoms with Crippen molar-refractivity contribution in [1.29, 1.82) is 0 Å². The van der Waals surface area contributed by atoms with E-state index in [1.54, 1.807) is 12.1 Å². The molecule has 102 valence electrons. The first-order valence-corrected chi connectivity index (χ1v) is 5.85. The zero-order valence-electron chi connectivity index (χ0n) is 10.2. The highest BCUT2D eigenvalue weighted by molar-refractivity contribution is 5.31. The van der Waals surface area contributed by atoms with Gasteiger partial charge in [-0.1, -0.05) is 19.1 Å². The molecule has 0 bridgehead atoms. The minimum Gasteiger partial charge on any atom is -0.463 e. The van der Waals surface area contributed by atoms with Crippen molar-refractivity contribution >= 4 is 0 Å². The molecule has 1 atom stereocenters. The minimum absolute atomic E-state index is 0.159. The second kappa shape index (κ2) is 5.09. The van der Waals surface area contributed by atoms with E-state index in [0.717, 1.165) is 12.1 Å². The summed E-state index contributed by atoms with van der Waals surface area (Å²) >= 11 is 0. The number of aliphatic hydroxyl groups excluding tert-OH is 1. The van der Waals surface area contributed by atoms with Crippen LogP contribution in [-0.4, -0.2) is 5.11 Å². The van der Waals surface area contributed by atoms with E-state index in [-0.39, 0.29) is 11.3 Å². The van der Waals surface area contributed by atoms with Crippen LogP contribution in [0.5, 0.6) is 0 Å². The number of aliphatic hydroxyl groups is 1. The highest BCUT2D eigenvalue weighted by Gasteiger charge is 2.31. The van der Waals surface area contributed by atoms with E-state index in [1.165, 1.54) is 12.1 Å². The largest absolute Gasteiger partial charge is 0.463 e. The van der Waals surface area contributed by atoms with Crippen molar-refractivity contribution in [3.8, 4) is 0 Å². The Morgan fingerprint density at radius 1 is 1.21 bits per heavy atom. The van der Waals surface area contributed by atoms with Gasteiger partial charge in [0.2, 0.25) is 0 Å². The quantitative estimate of drug-likeness (QED) is 0.916. The molecular formula is C14H13F3O2. The maximum Gasteiger partial charge on any atom is 0.416 e. The zero-order valence-corrected chi connectivity index (χ0v) is 10.2. The Kier molecular flexibility index (Phi) is 3.66. The van der Waals surface area contributed by atoms with Crippen LogP contribution < -0.4 is 0 Å². The summed E-state index contributed by atoms with van der Waals surface area (Å²) in [5.41, 5.74) is -0.627. The molecule has 1 aromatic heterocycles. The Labute approximate surface area is 108 Å². The summed E-state index contributed by atoms with van der Waals surface area (Å²) in [6.07, 6.45) is -4.95. The van der Waals surface area contributed by atoms with Gasteiger partial charge in [-0.3, -0.25) is 0 Å². The van der Waals surface area contributed by atoms with Gasteiger partial charge in [0, 0.05) is 6.42 Å². The smallest absolute Gasteiger partial charge is 0.416 e. The van der Waals surface area contributed by atoms with Crippen molar-refractivity contribution in [2.24, 2.45) is 0 Å². The van der Waals surface area contributed by atoms with E-state index in [2.05, 4.69) is 0 Å². The molecule has 0 saturated carbocycles. The van der Waals surface area contributed by atoms with Crippen LogP contribution in [0.1, 0.15) is 35.7 Å². The molecule has 0 aliphatic rings. The van der Waals surface area contributed by atoms with Crippen LogP contribution in [-0.2, 0) is 12.6 Å². The summed E-state index contributed by atoms with van der Waals surface area (Å²) in [5.74, 6) is 0.928. The van der Waals surface area contributed by atoms with Gasteiger partial charge in [-0.2, -0.15) is 13.2 Å². The summed E-state index contributed by atoms with van der Waals surface area (Å²) in [7, 11) is 0. The number of rotatable bonds is 3. The summed E-state index contributed by atoms with van der Waals surface area (Å²) in [6.45, 7) is 1.89. The van der Waals surface area contributed by atoms with Gasteiger partial charge in [0.15, 0.2) is 0 Å². The summed E-state index contributed by atoms with van der Waals surface area (Å²) in [5, 5.41) is 10.0. The van der Waals surface area contributed by atoms with Gasteiger partial charge in [0.25, 0.3) is 0 Å². The topological polar surface area (TPSA) is 33.4 Å². The molecule has 2 aromatic rings. The van der Waals surface area contributed by atoms with Crippen molar-refractivity contribution in [3.05, 3.63) is 59.0 Å². The SMILES string of the molecule is CCc1ccc(C(O)c2cccc(C(F)(F)F)c2)o1. The Balaban J connectivity index is 2.31. The van der Waals surface area contributed by atoms with Crippen molar-refractivity contribution in [1.82, 2.24) is 0 Å². The molecule has 0 radical (unpaired) electrons. The van der Waals surface area contributed by atoms with Crippen molar-refractivity contribution in [2.45, 2.75) is 25.6 Å². The molecule has 19 heavy (non-hydrogen) atoms. The number of benzene rings is 1. The predicted octanol–water partition coefficient (Wildman–Crippen LogP) is 3.94. The van der Waals surface area contributed by atoms with E-state index in [0.29, 0.717) is 12.2 Å². The van der Waals surface area contributed by atoms with E-state index in [9.17, 15) is 18.3 Å². The Morgan fingerprint density at radius 2 is 1.95 bits per heavy atom. The highest BCUT2D eigenvalue weighted by Crippen LogP contribution is 2.32. The van der Waals surface area contributed by atoms with Crippen LogP contribution >= 0.6 is 0 Å². The molecule has 2 rings (SSSR count). The fourth-order valence-electron chi connectivity index (χ4n) is 1.78. The molecule has 1 heterocycles. The lowest BCUT2D eigenvalue weighted by Gasteiger charge is -2.12. The van der Waals surface area contributed by atoms with Gasteiger partial charge in [-0.25, -0.2) is 0 Å². The van der Waals surface area contributed by atoms with Gasteiger partial charge in [0.1, 0.15) is 17.6 Å². The van der Waals surface area contributed by atoms with Crippen molar-refractivity contribution < 1.29 is 22.7 Å². The monoisotopic (exact) mass is 270 g/mol. The standard InChI is InChI=1S/C14H13F3O2/c1-2-11-6-7-12(19-11)13(18)9-4-3-5-10(8-9)14(15,16)17/h3-8,13,18H,2H2,1H3. The molecule has 0 aliphatic heterocycles. The van der Waals surface area contributed by atoms with E-state index in [1.807, 2.05) is 6.92 Å². The third-order valence-corrected chi connectivity index (χ3v) is 2.83. The van der Waals surface area contributed by atoms with Crippen LogP contribution in [0.25, 0.3) is 0 Å². The fourth-order valence-corrected chi connectivity index (χ4v) is 1.78. The number of furan rings is 1. The van der Waals surface area contributed by atoms with Crippen molar-refractivity contribution in [3.63, 3.8) is 0 Å². The predicted molar refractivity (Wildman–Crippen MR) is 63.6 cm³/mol. The molecule has 1 aromatic carbocycles. The van der Waals surface area contributed by atoms with Gasteiger partial charge >= 0.3 is 6.18 Å². The van der Waals surface area contributed by atoms with Gasteiger partial charge in [-0.15, -0.1) is 0 Å². The van der Waals surface area contributed by atoms with E-state index >= 15 is 0 Å². The van der Waals surface area contributed by atoms with Crippen LogP contribution in [0.3, 0.4) is 0 Å². The molecule has 0 aliphatic carbocycles. The van der Waals surface area contributed by atoms with Crippen LogP contribution in [0.15, 0.2) is 40.8 Å². The summed E-state index contributed by atoms with van der Waals surface area (Å²) < 4.78 is 43.1. The first kappa shape index (κ1) is 13.7. The van der Waals surface area contributed by atoms with E-state index in [4.69, 9.17) is 4.42 Å². The van der Waals surface area contributed by atoms with Crippen LogP contribution in [0, 0.1) is 0 Å². The Morgan fingerprint density at radius 3 is 2.53 bits per heavy atom. The zero-order chi connectivity index (χ0) is 14.0. The molecule has 5 heteroatoms. The lowest BCUT2D eigenvalue weighted by atomic mass is 10.0. The molecule has 2 nitrogen and oxygen atoms in total. The minimum atomic E-state index is -4.42. The summed E-state index contributed by atoms with van der Waals surface area (Å²) in [6, 6.07) is 7.88. The van der Waals surface area contributed by atoms with E-state index < -0.39 is 17.8 Å². The average Bonchev–Trinajstić information content (AvgIpc) is 2.86. The molecule has 1 unspecified atom stereocenters. The molecule has 0 amide bonds.